The predicted molar refractivity (Wildman–Crippen MR) is 67.6 cm³/mol. The number of fused-ring (bicyclic) bond motifs is 1. The maximum Gasteiger partial charge on any atom is 0.248 e. The lowest BCUT2D eigenvalue weighted by molar-refractivity contribution is 0.122. The van der Waals surface area contributed by atoms with Gasteiger partial charge in [0, 0.05) is 24.8 Å². The van der Waals surface area contributed by atoms with Gasteiger partial charge in [-0.25, -0.2) is 0 Å². The Morgan fingerprint density at radius 3 is 2.71 bits per heavy atom. The van der Waals surface area contributed by atoms with Gasteiger partial charge in [-0.2, -0.15) is 0 Å². The van der Waals surface area contributed by atoms with Crippen molar-refractivity contribution >= 4 is 16.6 Å². The second-order valence-electron chi connectivity index (χ2n) is 4.19. The molecule has 0 bridgehead atoms. The molecule has 0 radical (unpaired) electrons. The Morgan fingerprint density at radius 1 is 1.12 bits per heavy atom. The fourth-order valence-electron chi connectivity index (χ4n) is 2.16. The van der Waals surface area contributed by atoms with Crippen LogP contribution in [0.1, 0.15) is 0 Å². The first-order valence-corrected chi connectivity index (χ1v) is 5.79. The summed E-state index contributed by atoms with van der Waals surface area (Å²) >= 11 is 0. The summed E-state index contributed by atoms with van der Waals surface area (Å²) in [6, 6.07) is 9.55. The van der Waals surface area contributed by atoms with Gasteiger partial charge in [-0.15, -0.1) is 0 Å². The molecule has 1 aromatic heterocycles. The third-order valence-electron chi connectivity index (χ3n) is 3.09. The molecule has 88 valence electrons. The number of rotatable bonds is 1. The lowest BCUT2D eigenvalue weighted by Gasteiger charge is -2.28. The van der Waals surface area contributed by atoms with Gasteiger partial charge in [0.05, 0.1) is 18.7 Å². The van der Waals surface area contributed by atoms with E-state index in [0.717, 1.165) is 42.9 Å². The highest BCUT2D eigenvalue weighted by molar-refractivity contribution is 5.82. The Bertz CT molecular complexity index is 585. The van der Waals surface area contributed by atoms with Crippen molar-refractivity contribution in [3.8, 4) is 0 Å². The Balaban J connectivity index is 2.02. The lowest BCUT2D eigenvalue weighted by Crippen LogP contribution is -2.36. The summed E-state index contributed by atoms with van der Waals surface area (Å²) in [5.74, 6) is 0. The average Bonchev–Trinajstić information content (AvgIpc) is 2.39. The molecule has 0 amide bonds. The van der Waals surface area contributed by atoms with E-state index in [2.05, 4.69) is 16.0 Å². The molecule has 0 aliphatic carbocycles. The predicted octanol–water partition coefficient (Wildman–Crippen LogP) is 1.36. The molecule has 1 aliphatic heterocycles. The zero-order valence-electron chi connectivity index (χ0n) is 9.48. The molecule has 4 heteroatoms. The van der Waals surface area contributed by atoms with Crippen LogP contribution >= 0.6 is 0 Å². The fraction of sp³-hybridized carbons (Fsp3) is 0.308. The Hall–Kier alpha value is -1.81. The number of H-pyrrole nitrogens is 1. The van der Waals surface area contributed by atoms with E-state index in [1.807, 2.05) is 18.2 Å². The van der Waals surface area contributed by atoms with Crippen LogP contribution in [-0.4, -0.2) is 31.3 Å². The molecule has 1 saturated heterocycles. The molecule has 4 nitrogen and oxygen atoms in total. The molecule has 0 unspecified atom stereocenters. The number of aromatic nitrogens is 1. The first-order valence-electron chi connectivity index (χ1n) is 5.79. The van der Waals surface area contributed by atoms with Gasteiger partial charge in [0.2, 0.25) is 5.56 Å². The summed E-state index contributed by atoms with van der Waals surface area (Å²) in [5, 5.41) is 1.06. The van der Waals surface area contributed by atoms with Crippen molar-refractivity contribution in [1.82, 2.24) is 4.98 Å². The fourth-order valence-corrected chi connectivity index (χ4v) is 2.16. The highest BCUT2D eigenvalue weighted by Crippen LogP contribution is 2.20. The van der Waals surface area contributed by atoms with Crippen molar-refractivity contribution in [3.63, 3.8) is 0 Å². The van der Waals surface area contributed by atoms with Crippen molar-refractivity contribution < 1.29 is 4.74 Å². The van der Waals surface area contributed by atoms with E-state index in [4.69, 9.17) is 4.74 Å². The van der Waals surface area contributed by atoms with E-state index in [1.165, 1.54) is 0 Å². The van der Waals surface area contributed by atoms with Gasteiger partial charge >= 0.3 is 0 Å². The largest absolute Gasteiger partial charge is 0.378 e. The monoisotopic (exact) mass is 230 g/mol. The number of ether oxygens (including phenoxy) is 1. The van der Waals surface area contributed by atoms with Crippen LogP contribution in [0.5, 0.6) is 0 Å². The van der Waals surface area contributed by atoms with Gasteiger partial charge in [-0.05, 0) is 23.6 Å². The van der Waals surface area contributed by atoms with Gasteiger partial charge in [0.25, 0.3) is 0 Å². The Kier molecular flexibility index (Phi) is 2.57. The molecule has 3 rings (SSSR count). The summed E-state index contributed by atoms with van der Waals surface area (Å²) in [5.41, 5.74) is 1.97. The molecule has 1 fully saturated rings. The van der Waals surface area contributed by atoms with Crippen LogP contribution in [0.25, 0.3) is 10.9 Å². The Labute approximate surface area is 98.8 Å². The number of nitrogens with one attached hydrogen (secondary N) is 1. The van der Waals surface area contributed by atoms with E-state index < -0.39 is 0 Å². The van der Waals surface area contributed by atoms with Crippen molar-refractivity contribution in [2.24, 2.45) is 0 Å². The summed E-state index contributed by atoms with van der Waals surface area (Å²) in [7, 11) is 0. The molecule has 2 aromatic rings. The highest BCUT2D eigenvalue weighted by Gasteiger charge is 2.11. The standard InChI is InChI=1S/C13H14N2O2/c16-13-4-2-10-1-3-11(9-12(10)14-13)15-5-7-17-8-6-15/h1-4,9H,5-8H2,(H,14,16). The van der Waals surface area contributed by atoms with Crippen LogP contribution in [0, 0.1) is 0 Å². The third-order valence-corrected chi connectivity index (χ3v) is 3.09. The zero-order valence-corrected chi connectivity index (χ0v) is 9.48. The van der Waals surface area contributed by atoms with Crippen LogP contribution in [0.4, 0.5) is 5.69 Å². The molecule has 0 saturated carbocycles. The number of hydrogen-bond donors (Lipinski definition) is 1. The number of benzene rings is 1. The minimum absolute atomic E-state index is 0.0587. The average molecular weight is 230 g/mol. The van der Waals surface area contributed by atoms with Crippen LogP contribution in [0.3, 0.4) is 0 Å². The third kappa shape index (κ3) is 2.03. The van der Waals surface area contributed by atoms with Gasteiger partial charge in [0.1, 0.15) is 0 Å². The molecule has 1 aromatic carbocycles. The lowest BCUT2D eigenvalue weighted by atomic mass is 10.2. The SMILES string of the molecule is O=c1ccc2ccc(N3CCOCC3)cc2[nH]1. The number of anilines is 1. The maximum absolute atomic E-state index is 11.3. The number of morpholine rings is 1. The van der Waals surface area contributed by atoms with Gasteiger partial charge in [-0.1, -0.05) is 6.07 Å². The van der Waals surface area contributed by atoms with Gasteiger partial charge in [0.15, 0.2) is 0 Å². The highest BCUT2D eigenvalue weighted by atomic mass is 16.5. The van der Waals surface area contributed by atoms with Crippen molar-refractivity contribution in [2.45, 2.75) is 0 Å². The van der Waals surface area contributed by atoms with E-state index in [9.17, 15) is 4.79 Å². The summed E-state index contributed by atoms with van der Waals surface area (Å²) in [6.45, 7) is 3.35. The first-order chi connectivity index (χ1) is 8.33. The van der Waals surface area contributed by atoms with E-state index in [-0.39, 0.29) is 5.56 Å². The second kappa shape index (κ2) is 4.22. The number of pyridine rings is 1. The summed E-state index contributed by atoms with van der Waals surface area (Å²) in [4.78, 5) is 16.4. The molecule has 17 heavy (non-hydrogen) atoms. The molecule has 1 N–H and O–H groups in total. The quantitative estimate of drug-likeness (QED) is 0.804. The van der Waals surface area contributed by atoms with Crippen molar-refractivity contribution in [3.05, 3.63) is 40.7 Å². The normalized spacial score (nSPS) is 16.4. The minimum atomic E-state index is -0.0587. The van der Waals surface area contributed by atoms with Crippen LogP contribution in [0.2, 0.25) is 0 Å². The first kappa shape index (κ1) is 10.4. The van der Waals surface area contributed by atoms with Crippen molar-refractivity contribution in [1.29, 1.82) is 0 Å². The molecule has 0 atom stereocenters. The topological polar surface area (TPSA) is 45.3 Å². The summed E-state index contributed by atoms with van der Waals surface area (Å²) < 4.78 is 5.33. The minimum Gasteiger partial charge on any atom is -0.378 e. The summed E-state index contributed by atoms with van der Waals surface area (Å²) in [6.07, 6.45) is 0. The molecule has 0 spiro atoms. The van der Waals surface area contributed by atoms with Gasteiger partial charge in [-0.3, -0.25) is 4.79 Å². The molecule has 1 aliphatic rings. The number of aromatic amines is 1. The van der Waals surface area contributed by atoms with E-state index >= 15 is 0 Å². The Morgan fingerprint density at radius 2 is 1.88 bits per heavy atom. The smallest absolute Gasteiger partial charge is 0.248 e. The number of hydrogen-bond acceptors (Lipinski definition) is 3. The molecular weight excluding hydrogens is 216 g/mol. The molecular formula is C13H14N2O2. The van der Waals surface area contributed by atoms with E-state index in [0.29, 0.717) is 0 Å². The van der Waals surface area contributed by atoms with Gasteiger partial charge < -0.3 is 14.6 Å². The number of nitrogens with zero attached hydrogens (tertiary/aromatic N) is 1. The maximum atomic E-state index is 11.3. The van der Waals surface area contributed by atoms with Crippen LogP contribution in [0.15, 0.2) is 35.1 Å². The van der Waals surface area contributed by atoms with Crippen LogP contribution < -0.4 is 10.5 Å². The molecule has 2 heterocycles. The van der Waals surface area contributed by atoms with E-state index in [1.54, 1.807) is 6.07 Å². The van der Waals surface area contributed by atoms with Crippen molar-refractivity contribution in [2.75, 3.05) is 31.2 Å². The second-order valence-corrected chi connectivity index (χ2v) is 4.19. The van der Waals surface area contributed by atoms with Crippen LogP contribution in [-0.2, 0) is 4.74 Å². The zero-order chi connectivity index (χ0) is 11.7.